The van der Waals surface area contributed by atoms with Crippen LogP contribution in [0.3, 0.4) is 0 Å². The summed E-state index contributed by atoms with van der Waals surface area (Å²) < 4.78 is 55.6. The van der Waals surface area contributed by atoms with Crippen molar-refractivity contribution in [3.63, 3.8) is 0 Å². The first kappa shape index (κ1) is 32.7. The van der Waals surface area contributed by atoms with Gasteiger partial charge in [-0.1, -0.05) is 12.2 Å². The molecule has 2 fully saturated rings. The number of carbonyl (C=O) groups is 2. The van der Waals surface area contributed by atoms with Crippen molar-refractivity contribution in [2.24, 2.45) is 0 Å². The van der Waals surface area contributed by atoms with Gasteiger partial charge in [-0.2, -0.15) is 0 Å². The maximum Gasteiger partial charge on any atom is 0.386 e. The van der Waals surface area contributed by atoms with E-state index in [2.05, 4.69) is 32.2 Å². The third-order valence-corrected chi connectivity index (χ3v) is 8.60. The Kier molecular flexibility index (Phi) is 9.73. The topological polar surface area (TPSA) is 240 Å². The Morgan fingerprint density at radius 3 is 2.58 bits per heavy atom. The molecule has 2 aliphatic rings. The average molecular weight is 672 g/mol. The normalized spacial score (nSPS) is 27.8. The minimum Gasteiger partial charge on any atom is -0.463 e. The molecule has 3 aromatic rings. The lowest BCUT2D eigenvalue weighted by Gasteiger charge is -2.26. The van der Waals surface area contributed by atoms with Crippen LogP contribution in [0.15, 0.2) is 34.5 Å². The van der Waals surface area contributed by atoms with Gasteiger partial charge in [0.15, 0.2) is 17.7 Å². The molecule has 0 saturated carbocycles. The van der Waals surface area contributed by atoms with E-state index in [0.717, 1.165) is 10.6 Å². The van der Waals surface area contributed by atoms with E-state index in [9.17, 15) is 23.7 Å². The zero-order valence-electron chi connectivity index (χ0n) is 24.1. The number of nitrogens with zero attached hydrogens (tertiary/aromatic N) is 5. The van der Waals surface area contributed by atoms with Crippen molar-refractivity contribution >= 4 is 48.0 Å². The van der Waals surface area contributed by atoms with Crippen molar-refractivity contribution in [3.05, 3.63) is 45.8 Å². The number of nitrogens with one attached hydrogen (secondary N) is 1. The minimum absolute atomic E-state index is 0.170. The van der Waals surface area contributed by atoms with Crippen LogP contribution in [-0.2, 0) is 46.9 Å². The molecule has 5 rings (SSSR count). The number of fused-ring (bicyclic) bond motifs is 1. The van der Waals surface area contributed by atoms with E-state index in [0.29, 0.717) is 11.2 Å². The number of hydrogen-bond donors (Lipinski definition) is 3. The Hall–Kier alpha value is -3.65. The van der Waals surface area contributed by atoms with E-state index in [4.69, 9.17) is 38.5 Å². The fourth-order valence-electron chi connectivity index (χ4n) is 5.06. The maximum absolute atomic E-state index is 13.6. The molecule has 0 bridgehead atoms. The van der Waals surface area contributed by atoms with Crippen LogP contribution in [-0.4, -0.2) is 91.9 Å². The molecule has 21 heteroatoms. The van der Waals surface area contributed by atoms with E-state index in [1.54, 1.807) is 4.57 Å². The molecule has 2 aliphatic heterocycles. The summed E-state index contributed by atoms with van der Waals surface area (Å²) in [6.07, 6.45) is -3.02. The first-order valence-electron chi connectivity index (χ1n) is 13.4. The average Bonchev–Trinajstić information content (AvgIpc) is 3.66. The van der Waals surface area contributed by atoms with Gasteiger partial charge in [-0.3, -0.25) is 37.5 Å². The van der Waals surface area contributed by atoms with Gasteiger partial charge in [-0.15, -0.1) is 0 Å². The first-order valence-corrected chi connectivity index (χ1v) is 16.1. The van der Waals surface area contributed by atoms with Gasteiger partial charge in [0.2, 0.25) is 0 Å². The first-order chi connectivity index (χ1) is 21.4. The number of carbonyl (C=O) groups excluding carboxylic acids is 2. The lowest BCUT2D eigenvalue weighted by Crippen LogP contribution is -2.40. The Balaban J connectivity index is 1.33. The van der Waals surface area contributed by atoms with Crippen molar-refractivity contribution < 1.29 is 46.9 Å². The number of nitrogen functional groups attached to an aromatic ring is 1. The van der Waals surface area contributed by atoms with Gasteiger partial charge >= 0.3 is 24.4 Å². The molecule has 244 valence electrons. The number of H-pyrrole nitrogens is 1. The summed E-state index contributed by atoms with van der Waals surface area (Å²) in [7, 11) is 1.29. The molecule has 5 heterocycles. The number of hydrogen-bond acceptors (Lipinski definition) is 16. The highest BCUT2D eigenvalue weighted by molar-refractivity contribution is 8.44. The lowest BCUT2D eigenvalue weighted by atomic mass is 10.1. The summed E-state index contributed by atoms with van der Waals surface area (Å²) in [5.74, 6) is -1.04. The third kappa shape index (κ3) is 7.27. The Labute approximate surface area is 259 Å². The molecule has 8 atom stereocenters. The number of ether oxygens (including phenoxy) is 5. The van der Waals surface area contributed by atoms with Crippen LogP contribution in [0.5, 0.6) is 0 Å². The monoisotopic (exact) mass is 671 g/mol. The van der Waals surface area contributed by atoms with Crippen molar-refractivity contribution in [3.8, 4) is 0 Å². The predicted molar refractivity (Wildman–Crippen MR) is 154 cm³/mol. The number of anilines is 1. The number of imidazole rings is 1. The molecule has 3 N–H and O–H groups in total. The molecule has 45 heavy (non-hydrogen) atoms. The van der Waals surface area contributed by atoms with Gasteiger partial charge in [0.05, 0.1) is 12.9 Å². The Morgan fingerprint density at radius 1 is 1.11 bits per heavy atom. The molecular weight excluding hydrogens is 641 g/mol. The molecule has 0 amide bonds. The number of esters is 2. The van der Waals surface area contributed by atoms with Crippen LogP contribution in [0.4, 0.5) is 5.82 Å². The largest absolute Gasteiger partial charge is 0.463 e. The summed E-state index contributed by atoms with van der Waals surface area (Å²) in [5.41, 5.74) is 5.19. The van der Waals surface area contributed by atoms with Crippen LogP contribution in [0, 0.1) is 0 Å². The van der Waals surface area contributed by atoms with Crippen molar-refractivity contribution in [1.29, 1.82) is 0 Å². The second kappa shape index (κ2) is 13.4. The van der Waals surface area contributed by atoms with Crippen LogP contribution in [0.25, 0.3) is 11.2 Å². The van der Waals surface area contributed by atoms with Gasteiger partial charge in [0.25, 0.3) is 5.56 Å². The van der Waals surface area contributed by atoms with Crippen LogP contribution < -0.4 is 17.0 Å². The summed E-state index contributed by atoms with van der Waals surface area (Å²) >= 11 is 4.12. The highest BCUT2D eigenvalue weighted by atomic mass is 32.7. The number of nitrogens with two attached hydrogens (primary N) is 1. The van der Waals surface area contributed by atoms with Gasteiger partial charge in [-0.25, -0.2) is 24.3 Å². The second-order valence-corrected chi connectivity index (χ2v) is 12.9. The number of aromatic nitrogens is 6. The van der Waals surface area contributed by atoms with Crippen LogP contribution in [0.2, 0.25) is 0 Å². The van der Waals surface area contributed by atoms with Crippen LogP contribution >= 0.6 is 19.0 Å². The summed E-state index contributed by atoms with van der Waals surface area (Å²) in [6.45, 7) is -2.64. The molecular formula is C24H30N7O12PS. The molecule has 4 unspecified atom stereocenters. The Morgan fingerprint density at radius 2 is 1.89 bits per heavy atom. The summed E-state index contributed by atoms with van der Waals surface area (Å²) in [6, 6.07) is 1.10. The van der Waals surface area contributed by atoms with E-state index in [1.807, 2.05) is 0 Å². The number of thiol groups is 1. The van der Waals surface area contributed by atoms with E-state index < -0.39 is 79.6 Å². The van der Waals surface area contributed by atoms with Gasteiger partial charge in [0, 0.05) is 39.6 Å². The predicted octanol–water partition coefficient (Wildman–Crippen LogP) is 0.0931. The smallest absolute Gasteiger partial charge is 0.386 e. The maximum atomic E-state index is 13.6. The fourth-order valence-corrected chi connectivity index (χ4v) is 6.55. The SMILES string of the molecule is COC1C(OP(=O)(S)OC[C@H]2O[C@@H](n3cnc4c(N)ncnc43)CC2OC(C)=O)[C@@H](COC(C)=O)O[C@H]1n1ccc(=O)[nH]c1=O. The fraction of sp³-hybridized carbons (Fsp3) is 0.542. The number of aromatic amines is 1. The standard InChI is InChI=1S/C24H30N7O12PS/c1-11(32)38-7-15-19(20(37-3)23(42-15)30-5-4-16(34)29-24(30)35)43-44(36,45)39-8-14-13(40-12(2)33)6-17(41-14)31-10-28-18-21(25)26-9-27-22(18)31/h4-5,9-10,13-15,17,19-20,23H,6-8H2,1-3H3,(H,36,45)(H2,25,26,27)(H,29,34,35)/t13?,14-,15-,17-,19?,20?,23-,44?/m1/s1. The van der Waals surface area contributed by atoms with E-state index in [-0.39, 0.29) is 18.8 Å². The second-order valence-electron chi connectivity index (χ2n) is 10.0. The molecule has 0 radical (unpaired) electrons. The van der Waals surface area contributed by atoms with Gasteiger partial charge in [0.1, 0.15) is 55.2 Å². The zero-order chi connectivity index (χ0) is 32.5. The van der Waals surface area contributed by atoms with Gasteiger partial charge in [-0.05, 0) is 0 Å². The Bertz CT molecular complexity index is 1730. The summed E-state index contributed by atoms with van der Waals surface area (Å²) in [4.78, 5) is 61.9. The third-order valence-electron chi connectivity index (χ3n) is 6.99. The minimum atomic E-state index is -4.28. The zero-order valence-corrected chi connectivity index (χ0v) is 25.9. The van der Waals surface area contributed by atoms with Crippen molar-refractivity contribution in [2.75, 3.05) is 26.1 Å². The van der Waals surface area contributed by atoms with Gasteiger partial charge < -0.3 is 29.4 Å². The molecule has 2 saturated heterocycles. The van der Waals surface area contributed by atoms with E-state index >= 15 is 0 Å². The molecule has 0 spiro atoms. The number of rotatable bonds is 11. The molecule has 0 aliphatic carbocycles. The number of methoxy groups -OCH3 is 1. The highest BCUT2D eigenvalue weighted by Crippen LogP contribution is 2.56. The highest BCUT2D eigenvalue weighted by Gasteiger charge is 2.51. The summed E-state index contributed by atoms with van der Waals surface area (Å²) in [5, 5.41) is 0. The van der Waals surface area contributed by atoms with Crippen molar-refractivity contribution in [1.82, 2.24) is 29.1 Å². The van der Waals surface area contributed by atoms with Crippen molar-refractivity contribution in [2.45, 2.75) is 63.2 Å². The van der Waals surface area contributed by atoms with E-state index in [1.165, 1.54) is 39.8 Å². The molecule has 0 aromatic carbocycles. The molecule has 19 nitrogen and oxygen atoms in total. The lowest BCUT2D eigenvalue weighted by molar-refractivity contribution is -0.150. The quantitative estimate of drug-likeness (QED) is 0.139. The van der Waals surface area contributed by atoms with Crippen LogP contribution in [0.1, 0.15) is 32.7 Å². The molecule has 3 aromatic heterocycles.